The molecule has 2 N–H and O–H groups in total. The first-order valence-corrected chi connectivity index (χ1v) is 10.3. The minimum Gasteiger partial charge on any atom is -0.497 e. The Hall–Kier alpha value is -3.39. The van der Waals surface area contributed by atoms with E-state index in [0.717, 1.165) is 18.7 Å². The Balaban J connectivity index is 1.40. The van der Waals surface area contributed by atoms with Crippen molar-refractivity contribution in [2.75, 3.05) is 51.0 Å². The predicted octanol–water partition coefficient (Wildman–Crippen LogP) is 1.83. The molecular weight excluding hydrogens is 396 g/mol. The van der Waals surface area contributed by atoms with E-state index in [0.29, 0.717) is 42.2 Å². The van der Waals surface area contributed by atoms with Crippen LogP contribution in [0.1, 0.15) is 15.9 Å². The van der Waals surface area contributed by atoms with Crippen molar-refractivity contribution in [3.63, 3.8) is 0 Å². The lowest BCUT2D eigenvalue weighted by atomic mass is 9.92. The van der Waals surface area contributed by atoms with Crippen molar-refractivity contribution in [2.45, 2.75) is 6.42 Å². The summed E-state index contributed by atoms with van der Waals surface area (Å²) in [4.78, 5) is 41.9. The van der Waals surface area contributed by atoms with Gasteiger partial charge in [0.1, 0.15) is 11.7 Å². The highest BCUT2D eigenvalue weighted by Crippen LogP contribution is 2.29. The number of carbonyl (C=O) groups excluding carboxylic acids is 3. The third kappa shape index (κ3) is 4.54. The summed E-state index contributed by atoms with van der Waals surface area (Å²) in [6.07, 6.45) is 0.296. The molecule has 3 amide bonds. The standard InChI is InChI=1S/C23H26N4O4/c1-26-9-11-27(12-10-26)23(30)15-3-5-17(6-4-15)24-21(28)19-14-16-13-18(31-2)7-8-20(16)25-22(19)29/h3-8,13,19H,9-12,14H2,1-2H3,(H,24,28)(H,25,29). The van der Waals surface area contributed by atoms with E-state index in [9.17, 15) is 14.4 Å². The smallest absolute Gasteiger partial charge is 0.253 e. The molecule has 2 aliphatic heterocycles. The van der Waals surface area contributed by atoms with Crippen molar-refractivity contribution in [1.82, 2.24) is 9.80 Å². The van der Waals surface area contributed by atoms with Crippen LogP contribution >= 0.6 is 0 Å². The zero-order valence-electron chi connectivity index (χ0n) is 17.7. The van der Waals surface area contributed by atoms with Gasteiger partial charge in [0.2, 0.25) is 11.8 Å². The van der Waals surface area contributed by atoms with Crippen LogP contribution < -0.4 is 15.4 Å². The molecule has 0 spiro atoms. The summed E-state index contributed by atoms with van der Waals surface area (Å²) in [7, 11) is 3.62. The molecule has 1 atom stereocenters. The van der Waals surface area contributed by atoms with E-state index in [1.165, 1.54) is 0 Å². The number of fused-ring (bicyclic) bond motifs is 1. The molecule has 8 heteroatoms. The van der Waals surface area contributed by atoms with Gasteiger partial charge in [0.25, 0.3) is 5.91 Å². The number of piperazine rings is 1. The first-order chi connectivity index (χ1) is 14.9. The van der Waals surface area contributed by atoms with Gasteiger partial charge >= 0.3 is 0 Å². The van der Waals surface area contributed by atoms with Crippen LogP contribution in [0.3, 0.4) is 0 Å². The van der Waals surface area contributed by atoms with Gasteiger partial charge in [-0.05, 0) is 61.5 Å². The highest BCUT2D eigenvalue weighted by Gasteiger charge is 2.32. The molecule has 8 nitrogen and oxygen atoms in total. The summed E-state index contributed by atoms with van der Waals surface area (Å²) in [5, 5.41) is 5.57. The number of benzene rings is 2. The number of likely N-dealkylation sites (N-methyl/N-ethyl adjacent to an activating group) is 1. The lowest BCUT2D eigenvalue weighted by Gasteiger charge is -2.32. The molecule has 2 heterocycles. The van der Waals surface area contributed by atoms with Gasteiger partial charge in [0.05, 0.1) is 7.11 Å². The Kier molecular flexibility index (Phi) is 5.90. The first kappa shape index (κ1) is 20.9. The molecule has 1 fully saturated rings. The molecule has 162 valence electrons. The molecule has 0 radical (unpaired) electrons. The van der Waals surface area contributed by atoms with Crippen molar-refractivity contribution >= 4 is 29.1 Å². The number of methoxy groups -OCH3 is 1. The van der Waals surface area contributed by atoms with Crippen LogP contribution in [0.5, 0.6) is 5.75 Å². The van der Waals surface area contributed by atoms with Gasteiger partial charge in [-0.15, -0.1) is 0 Å². The second-order valence-electron chi connectivity index (χ2n) is 7.93. The van der Waals surface area contributed by atoms with Crippen LogP contribution in [0.25, 0.3) is 0 Å². The second-order valence-corrected chi connectivity index (χ2v) is 7.93. The molecule has 0 aromatic heterocycles. The SMILES string of the molecule is COc1ccc2c(c1)CC(C(=O)Nc1ccc(C(=O)N3CCN(C)CC3)cc1)C(=O)N2. The van der Waals surface area contributed by atoms with Crippen molar-refractivity contribution < 1.29 is 19.1 Å². The van der Waals surface area contributed by atoms with E-state index >= 15 is 0 Å². The van der Waals surface area contributed by atoms with Gasteiger partial charge in [-0.25, -0.2) is 0 Å². The maximum atomic E-state index is 12.8. The molecule has 0 aliphatic carbocycles. The van der Waals surface area contributed by atoms with E-state index in [2.05, 4.69) is 15.5 Å². The van der Waals surface area contributed by atoms with Crippen LogP contribution in [0.15, 0.2) is 42.5 Å². The van der Waals surface area contributed by atoms with Gasteiger partial charge in [-0.3, -0.25) is 14.4 Å². The number of anilines is 2. The van der Waals surface area contributed by atoms with Crippen molar-refractivity contribution in [3.8, 4) is 5.75 Å². The summed E-state index contributed by atoms with van der Waals surface area (Å²) in [6, 6.07) is 12.2. The van der Waals surface area contributed by atoms with Crippen LogP contribution in [0.4, 0.5) is 11.4 Å². The first-order valence-electron chi connectivity index (χ1n) is 10.3. The average Bonchev–Trinajstić information content (AvgIpc) is 2.78. The number of hydrogen-bond acceptors (Lipinski definition) is 5. The highest BCUT2D eigenvalue weighted by molar-refractivity contribution is 6.12. The summed E-state index contributed by atoms with van der Waals surface area (Å²) >= 11 is 0. The summed E-state index contributed by atoms with van der Waals surface area (Å²) in [5.41, 5.74) is 2.68. The van der Waals surface area contributed by atoms with Gasteiger partial charge in [0, 0.05) is 43.1 Å². The van der Waals surface area contributed by atoms with Crippen molar-refractivity contribution in [1.29, 1.82) is 0 Å². The number of ether oxygens (including phenoxy) is 1. The number of hydrogen-bond donors (Lipinski definition) is 2. The van der Waals surface area contributed by atoms with E-state index in [4.69, 9.17) is 4.74 Å². The molecule has 31 heavy (non-hydrogen) atoms. The van der Waals surface area contributed by atoms with Gasteiger partial charge < -0.3 is 25.2 Å². The van der Waals surface area contributed by atoms with Gasteiger partial charge in [-0.1, -0.05) is 0 Å². The molecule has 2 aliphatic rings. The van der Waals surface area contributed by atoms with Gasteiger partial charge in [0.15, 0.2) is 0 Å². The zero-order chi connectivity index (χ0) is 22.0. The fourth-order valence-electron chi connectivity index (χ4n) is 3.85. The Morgan fingerprint density at radius 3 is 2.45 bits per heavy atom. The third-order valence-corrected chi connectivity index (χ3v) is 5.82. The Morgan fingerprint density at radius 1 is 1.06 bits per heavy atom. The highest BCUT2D eigenvalue weighted by atomic mass is 16.5. The number of amides is 3. The Labute approximate surface area is 181 Å². The molecular formula is C23H26N4O4. The number of carbonyl (C=O) groups is 3. The molecule has 1 unspecified atom stereocenters. The van der Waals surface area contributed by atoms with Crippen LogP contribution in [0.2, 0.25) is 0 Å². The van der Waals surface area contributed by atoms with Crippen LogP contribution in [-0.4, -0.2) is 67.9 Å². The average molecular weight is 422 g/mol. The fraction of sp³-hybridized carbons (Fsp3) is 0.348. The lowest BCUT2D eigenvalue weighted by molar-refractivity contribution is -0.129. The molecule has 2 aromatic rings. The Morgan fingerprint density at radius 2 is 1.77 bits per heavy atom. The minimum absolute atomic E-state index is 0.0109. The fourth-order valence-corrected chi connectivity index (χ4v) is 3.85. The quantitative estimate of drug-likeness (QED) is 0.734. The molecule has 1 saturated heterocycles. The van der Waals surface area contributed by atoms with E-state index in [1.54, 1.807) is 43.5 Å². The van der Waals surface area contributed by atoms with E-state index < -0.39 is 5.92 Å². The summed E-state index contributed by atoms with van der Waals surface area (Å²) in [5.74, 6) is -0.898. The maximum Gasteiger partial charge on any atom is 0.253 e. The summed E-state index contributed by atoms with van der Waals surface area (Å²) < 4.78 is 5.23. The topological polar surface area (TPSA) is 91.0 Å². The number of nitrogens with zero attached hydrogens (tertiary/aromatic N) is 2. The van der Waals surface area contributed by atoms with Gasteiger partial charge in [-0.2, -0.15) is 0 Å². The predicted molar refractivity (Wildman–Crippen MR) is 117 cm³/mol. The zero-order valence-corrected chi connectivity index (χ0v) is 17.7. The van der Waals surface area contributed by atoms with Crippen LogP contribution in [0, 0.1) is 5.92 Å². The lowest BCUT2D eigenvalue weighted by Crippen LogP contribution is -2.47. The van der Waals surface area contributed by atoms with E-state index in [1.807, 2.05) is 18.0 Å². The largest absolute Gasteiger partial charge is 0.497 e. The van der Waals surface area contributed by atoms with Crippen LogP contribution in [-0.2, 0) is 16.0 Å². The summed E-state index contributed by atoms with van der Waals surface area (Å²) in [6.45, 7) is 3.13. The maximum absolute atomic E-state index is 12.8. The normalized spacial score (nSPS) is 18.7. The monoisotopic (exact) mass is 422 g/mol. The van der Waals surface area contributed by atoms with Crippen molar-refractivity contribution in [2.24, 2.45) is 5.92 Å². The third-order valence-electron chi connectivity index (χ3n) is 5.82. The minimum atomic E-state index is -0.841. The number of nitrogens with one attached hydrogen (secondary N) is 2. The molecule has 2 aromatic carbocycles. The number of rotatable bonds is 4. The second kappa shape index (κ2) is 8.77. The van der Waals surface area contributed by atoms with E-state index in [-0.39, 0.29) is 17.7 Å². The Bertz CT molecular complexity index is 997. The van der Waals surface area contributed by atoms with Crippen molar-refractivity contribution in [3.05, 3.63) is 53.6 Å². The molecule has 0 bridgehead atoms. The molecule has 4 rings (SSSR count). The molecule has 0 saturated carbocycles.